The minimum atomic E-state index is -0.757. The molecule has 17 heavy (non-hydrogen) atoms. The first kappa shape index (κ1) is 12.2. The number of thiazole rings is 1. The first-order chi connectivity index (χ1) is 8.25. The number of carboxylic acid groups (broad SMARTS) is 1. The molecule has 2 aromatic rings. The van der Waals surface area contributed by atoms with Crippen LogP contribution in [0.4, 0.5) is 0 Å². The third kappa shape index (κ3) is 3.61. The highest BCUT2D eigenvalue weighted by Crippen LogP contribution is 2.25. The summed E-state index contributed by atoms with van der Waals surface area (Å²) in [6.07, 6.45) is 1.82. The van der Waals surface area contributed by atoms with E-state index in [0.717, 1.165) is 22.2 Å². The smallest absolute Gasteiger partial charge is 0.304 e. The molecule has 2 aromatic heterocycles. The predicted molar refractivity (Wildman–Crippen MR) is 68.2 cm³/mol. The van der Waals surface area contributed by atoms with E-state index >= 15 is 0 Å². The average molecular weight is 269 g/mol. The summed E-state index contributed by atoms with van der Waals surface area (Å²) in [5.41, 5.74) is 0.969. The number of furan rings is 1. The van der Waals surface area contributed by atoms with Crippen molar-refractivity contribution in [2.24, 2.45) is 0 Å². The molecule has 0 unspecified atom stereocenters. The molecule has 0 amide bonds. The normalized spacial score (nSPS) is 10.6. The highest BCUT2D eigenvalue weighted by atomic mass is 32.2. The van der Waals surface area contributed by atoms with Crippen LogP contribution in [-0.4, -0.2) is 21.8 Å². The van der Waals surface area contributed by atoms with Crippen LogP contribution >= 0.6 is 23.1 Å². The second-order valence-electron chi connectivity index (χ2n) is 3.32. The highest BCUT2D eigenvalue weighted by Gasteiger charge is 2.07. The molecule has 6 heteroatoms. The second-order valence-corrected chi connectivity index (χ2v) is 5.28. The Morgan fingerprint density at radius 1 is 1.59 bits per heavy atom. The Hall–Kier alpha value is -1.27. The van der Waals surface area contributed by atoms with Gasteiger partial charge in [0.05, 0.1) is 18.4 Å². The topological polar surface area (TPSA) is 63.3 Å². The molecule has 0 atom stereocenters. The van der Waals surface area contributed by atoms with Crippen molar-refractivity contribution in [3.8, 4) is 10.8 Å². The van der Waals surface area contributed by atoms with Gasteiger partial charge in [-0.3, -0.25) is 4.79 Å². The van der Waals surface area contributed by atoms with E-state index in [1.165, 1.54) is 11.3 Å². The van der Waals surface area contributed by atoms with Gasteiger partial charge in [0.2, 0.25) is 0 Å². The quantitative estimate of drug-likeness (QED) is 0.816. The monoisotopic (exact) mass is 269 g/mol. The van der Waals surface area contributed by atoms with Crippen molar-refractivity contribution < 1.29 is 14.3 Å². The molecule has 0 aliphatic rings. The molecule has 0 aliphatic heterocycles. The van der Waals surface area contributed by atoms with Crippen LogP contribution in [0.15, 0.2) is 28.2 Å². The lowest BCUT2D eigenvalue weighted by molar-refractivity contribution is -0.136. The standard InChI is InChI=1S/C11H11NO3S2/c13-10(14)3-5-16-6-8-7-17-11(12-8)9-2-1-4-15-9/h1-2,4,7H,3,5-6H2,(H,13,14). The lowest BCUT2D eigenvalue weighted by Gasteiger charge is -1.95. The molecular formula is C11H11NO3S2. The number of aromatic nitrogens is 1. The van der Waals surface area contributed by atoms with Crippen LogP contribution in [0.25, 0.3) is 10.8 Å². The number of carboxylic acids is 1. The number of hydrogen-bond acceptors (Lipinski definition) is 5. The molecule has 1 N–H and O–H groups in total. The molecule has 0 radical (unpaired) electrons. The van der Waals surface area contributed by atoms with Crippen molar-refractivity contribution in [3.63, 3.8) is 0 Å². The van der Waals surface area contributed by atoms with Crippen molar-refractivity contribution in [1.82, 2.24) is 4.98 Å². The molecule has 90 valence electrons. The summed E-state index contributed by atoms with van der Waals surface area (Å²) in [5, 5.41) is 11.3. The fourth-order valence-corrected chi connectivity index (χ4v) is 2.93. The maximum absolute atomic E-state index is 10.3. The van der Waals surface area contributed by atoms with Crippen LogP contribution in [-0.2, 0) is 10.5 Å². The number of thioether (sulfide) groups is 1. The SMILES string of the molecule is O=C(O)CCSCc1csc(-c2ccco2)n1. The number of carbonyl (C=O) groups is 1. The molecular weight excluding hydrogens is 258 g/mol. The summed E-state index contributed by atoms with van der Waals surface area (Å²) in [5.74, 6) is 1.37. The molecule has 0 saturated heterocycles. The third-order valence-corrected chi connectivity index (χ3v) is 3.89. The Morgan fingerprint density at radius 2 is 2.47 bits per heavy atom. The maximum Gasteiger partial charge on any atom is 0.304 e. The number of hydrogen-bond donors (Lipinski definition) is 1. The summed E-state index contributed by atoms with van der Waals surface area (Å²) < 4.78 is 5.25. The van der Waals surface area contributed by atoms with Gasteiger partial charge in [0, 0.05) is 16.9 Å². The van der Waals surface area contributed by atoms with Crippen LogP contribution < -0.4 is 0 Å². The lowest BCUT2D eigenvalue weighted by atomic mass is 10.5. The molecule has 0 fully saturated rings. The number of aliphatic carboxylic acids is 1. The van der Waals surface area contributed by atoms with Gasteiger partial charge in [-0.1, -0.05) is 0 Å². The van der Waals surface area contributed by atoms with Crippen LogP contribution in [0.5, 0.6) is 0 Å². The van der Waals surface area contributed by atoms with Crippen LogP contribution in [0, 0.1) is 0 Å². The van der Waals surface area contributed by atoms with E-state index in [1.54, 1.807) is 18.0 Å². The van der Waals surface area contributed by atoms with Crippen molar-refractivity contribution in [3.05, 3.63) is 29.5 Å². The Bertz CT molecular complexity index is 479. The van der Waals surface area contributed by atoms with Crippen molar-refractivity contribution in [1.29, 1.82) is 0 Å². The zero-order chi connectivity index (χ0) is 12.1. The van der Waals surface area contributed by atoms with Gasteiger partial charge in [-0.15, -0.1) is 11.3 Å². The van der Waals surface area contributed by atoms with E-state index in [2.05, 4.69) is 4.98 Å². The van der Waals surface area contributed by atoms with Gasteiger partial charge >= 0.3 is 5.97 Å². The zero-order valence-corrected chi connectivity index (χ0v) is 10.6. The fraction of sp³-hybridized carbons (Fsp3) is 0.273. The van der Waals surface area contributed by atoms with E-state index in [-0.39, 0.29) is 6.42 Å². The Labute approximate surface area is 107 Å². The third-order valence-electron chi connectivity index (χ3n) is 1.99. The Balaban J connectivity index is 1.84. The van der Waals surface area contributed by atoms with Crippen molar-refractivity contribution in [2.45, 2.75) is 12.2 Å². The molecule has 0 spiro atoms. The highest BCUT2D eigenvalue weighted by molar-refractivity contribution is 7.98. The first-order valence-electron chi connectivity index (χ1n) is 5.03. The van der Waals surface area contributed by atoms with E-state index in [9.17, 15) is 4.79 Å². The van der Waals surface area contributed by atoms with Crippen LogP contribution in [0.3, 0.4) is 0 Å². The first-order valence-corrected chi connectivity index (χ1v) is 7.07. The molecule has 0 bridgehead atoms. The molecule has 0 aromatic carbocycles. The molecule has 2 heterocycles. The number of nitrogens with zero attached hydrogens (tertiary/aromatic N) is 1. The van der Waals surface area contributed by atoms with E-state index in [1.807, 2.05) is 17.5 Å². The van der Waals surface area contributed by atoms with Crippen LogP contribution in [0.2, 0.25) is 0 Å². The zero-order valence-electron chi connectivity index (χ0n) is 8.96. The molecule has 0 aliphatic carbocycles. The van der Waals surface area contributed by atoms with Gasteiger partial charge < -0.3 is 9.52 Å². The fourth-order valence-electron chi connectivity index (χ4n) is 1.22. The largest absolute Gasteiger partial charge is 0.481 e. The van der Waals surface area contributed by atoms with E-state index in [4.69, 9.17) is 9.52 Å². The Morgan fingerprint density at radius 3 is 3.18 bits per heavy atom. The van der Waals surface area contributed by atoms with Gasteiger partial charge in [-0.05, 0) is 12.1 Å². The molecule has 0 saturated carbocycles. The van der Waals surface area contributed by atoms with Gasteiger partial charge in [0.15, 0.2) is 10.8 Å². The van der Waals surface area contributed by atoms with Crippen LogP contribution in [0.1, 0.15) is 12.1 Å². The minimum absolute atomic E-state index is 0.194. The van der Waals surface area contributed by atoms with Gasteiger partial charge in [0.25, 0.3) is 0 Å². The second kappa shape index (κ2) is 5.88. The van der Waals surface area contributed by atoms with Gasteiger partial charge in [0.1, 0.15) is 0 Å². The molecule has 4 nitrogen and oxygen atoms in total. The van der Waals surface area contributed by atoms with E-state index in [0.29, 0.717) is 5.75 Å². The van der Waals surface area contributed by atoms with Crippen molar-refractivity contribution >= 4 is 29.1 Å². The summed E-state index contributed by atoms with van der Waals surface area (Å²) in [7, 11) is 0. The Kier molecular flexibility index (Phi) is 4.22. The lowest BCUT2D eigenvalue weighted by Crippen LogP contribution is -1.96. The van der Waals surface area contributed by atoms with Crippen molar-refractivity contribution in [2.75, 3.05) is 5.75 Å². The van der Waals surface area contributed by atoms with Gasteiger partial charge in [-0.25, -0.2) is 4.98 Å². The summed E-state index contributed by atoms with van der Waals surface area (Å²) >= 11 is 3.12. The summed E-state index contributed by atoms with van der Waals surface area (Å²) in [6, 6.07) is 3.71. The molecule has 2 rings (SSSR count). The summed E-state index contributed by atoms with van der Waals surface area (Å²) in [6.45, 7) is 0. The summed E-state index contributed by atoms with van der Waals surface area (Å²) in [4.78, 5) is 14.8. The predicted octanol–water partition coefficient (Wildman–Crippen LogP) is 3.11. The van der Waals surface area contributed by atoms with E-state index < -0.39 is 5.97 Å². The maximum atomic E-state index is 10.3. The van der Waals surface area contributed by atoms with Gasteiger partial charge in [-0.2, -0.15) is 11.8 Å². The average Bonchev–Trinajstić information content (AvgIpc) is 2.94. The minimum Gasteiger partial charge on any atom is -0.481 e. The number of rotatable bonds is 6.